The first-order chi connectivity index (χ1) is 7.54. The van der Waals surface area contributed by atoms with E-state index in [2.05, 4.69) is 41.2 Å². The van der Waals surface area contributed by atoms with Crippen molar-refractivity contribution in [3.8, 4) is 0 Å². The van der Waals surface area contributed by atoms with Gasteiger partial charge in [0.15, 0.2) is 0 Å². The first kappa shape index (κ1) is 14.2. The first-order valence-corrected chi connectivity index (χ1v) is 7.32. The lowest BCUT2D eigenvalue weighted by Crippen LogP contribution is -2.41. The second-order valence-corrected chi connectivity index (χ2v) is 6.17. The molecule has 0 aliphatic heterocycles. The van der Waals surface area contributed by atoms with Crippen LogP contribution in [0.5, 0.6) is 0 Å². The van der Waals surface area contributed by atoms with Crippen molar-refractivity contribution in [1.82, 2.24) is 0 Å². The molecule has 1 aromatic rings. The highest BCUT2D eigenvalue weighted by molar-refractivity contribution is 9.10. The molecule has 0 saturated heterocycles. The average Bonchev–Trinajstić information content (AvgIpc) is 2.59. The molecule has 0 amide bonds. The Balaban J connectivity index is 2.57. The minimum Gasteiger partial charge on any atom is -0.377 e. The standard InChI is InChI=1S/C12H20BrNOS/c1-4-15-12(8(2)3)11(14)6-10-5-9(13)7-16-10/h5,7-8,11-12H,4,6,14H2,1-3H3. The van der Waals surface area contributed by atoms with Gasteiger partial charge in [-0.25, -0.2) is 0 Å². The molecule has 2 nitrogen and oxygen atoms in total. The van der Waals surface area contributed by atoms with E-state index < -0.39 is 0 Å². The van der Waals surface area contributed by atoms with Crippen molar-refractivity contribution in [2.75, 3.05) is 6.61 Å². The molecule has 2 atom stereocenters. The molecule has 1 heterocycles. The fourth-order valence-electron chi connectivity index (χ4n) is 1.81. The Hall–Kier alpha value is 0.1000. The van der Waals surface area contributed by atoms with Gasteiger partial charge in [0, 0.05) is 27.4 Å². The SMILES string of the molecule is CCOC(C(C)C)C(N)Cc1cc(Br)cs1. The van der Waals surface area contributed by atoms with Crippen molar-refractivity contribution in [2.24, 2.45) is 11.7 Å². The van der Waals surface area contributed by atoms with Crippen LogP contribution in [0.1, 0.15) is 25.6 Å². The Kier molecular flexibility index (Phi) is 5.97. The average molecular weight is 306 g/mol. The maximum Gasteiger partial charge on any atom is 0.0752 e. The third-order valence-electron chi connectivity index (χ3n) is 2.50. The maximum absolute atomic E-state index is 6.21. The Morgan fingerprint density at radius 1 is 1.50 bits per heavy atom. The highest BCUT2D eigenvalue weighted by atomic mass is 79.9. The van der Waals surface area contributed by atoms with Gasteiger partial charge in [-0.2, -0.15) is 0 Å². The van der Waals surface area contributed by atoms with Crippen molar-refractivity contribution in [2.45, 2.75) is 39.3 Å². The molecular weight excluding hydrogens is 286 g/mol. The molecule has 0 bridgehead atoms. The Bertz CT molecular complexity index is 314. The van der Waals surface area contributed by atoms with Gasteiger partial charge in [-0.1, -0.05) is 13.8 Å². The molecule has 1 aromatic heterocycles. The molecule has 0 aromatic carbocycles. The third-order valence-corrected chi connectivity index (χ3v) is 4.22. The summed E-state index contributed by atoms with van der Waals surface area (Å²) in [6.07, 6.45) is 1.03. The van der Waals surface area contributed by atoms with Crippen LogP contribution in [0.25, 0.3) is 0 Å². The molecule has 0 saturated carbocycles. The molecule has 1 rings (SSSR count). The van der Waals surface area contributed by atoms with Crippen molar-refractivity contribution in [3.63, 3.8) is 0 Å². The molecule has 16 heavy (non-hydrogen) atoms. The van der Waals surface area contributed by atoms with E-state index in [-0.39, 0.29) is 12.1 Å². The zero-order valence-corrected chi connectivity index (χ0v) is 12.5. The fraction of sp³-hybridized carbons (Fsp3) is 0.667. The van der Waals surface area contributed by atoms with Crippen LogP contribution in [0.15, 0.2) is 15.9 Å². The van der Waals surface area contributed by atoms with Crippen LogP contribution < -0.4 is 5.73 Å². The number of halogens is 1. The summed E-state index contributed by atoms with van der Waals surface area (Å²) in [6, 6.07) is 2.21. The van der Waals surface area contributed by atoms with Crippen LogP contribution in [0.2, 0.25) is 0 Å². The van der Waals surface area contributed by atoms with E-state index in [0.29, 0.717) is 5.92 Å². The lowest BCUT2D eigenvalue weighted by Gasteiger charge is -2.26. The van der Waals surface area contributed by atoms with Crippen molar-refractivity contribution >= 4 is 27.3 Å². The van der Waals surface area contributed by atoms with Crippen LogP contribution in [-0.4, -0.2) is 18.8 Å². The number of nitrogens with two attached hydrogens (primary N) is 1. The summed E-state index contributed by atoms with van der Waals surface area (Å²) in [4.78, 5) is 1.31. The molecule has 0 radical (unpaired) electrons. The van der Waals surface area contributed by atoms with Crippen LogP contribution in [0.3, 0.4) is 0 Å². The maximum atomic E-state index is 6.21. The Morgan fingerprint density at radius 3 is 2.62 bits per heavy atom. The lowest BCUT2D eigenvalue weighted by molar-refractivity contribution is 0.0129. The minimum absolute atomic E-state index is 0.0745. The summed E-state index contributed by atoms with van der Waals surface area (Å²) in [5, 5.41) is 2.09. The Labute approximate surface area is 110 Å². The second-order valence-electron chi connectivity index (χ2n) is 4.26. The summed E-state index contributed by atoms with van der Waals surface area (Å²) in [6.45, 7) is 7.06. The molecule has 0 aliphatic carbocycles. The third kappa shape index (κ3) is 4.17. The minimum atomic E-state index is 0.0745. The normalized spacial score (nSPS) is 15.4. The van der Waals surface area contributed by atoms with E-state index >= 15 is 0 Å². The van der Waals surface area contributed by atoms with E-state index in [9.17, 15) is 0 Å². The molecule has 0 fully saturated rings. The molecular formula is C12H20BrNOS. The quantitative estimate of drug-likeness (QED) is 0.874. The molecule has 2 N–H and O–H groups in total. The number of thiophene rings is 1. The summed E-state index contributed by atoms with van der Waals surface area (Å²) in [5.41, 5.74) is 6.21. The van der Waals surface area contributed by atoms with Crippen LogP contribution in [0, 0.1) is 5.92 Å². The highest BCUT2D eigenvalue weighted by Gasteiger charge is 2.22. The van der Waals surface area contributed by atoms with E-state index in [4.69, 9.17) is 10.5 Å². The highest BCUT2D eigenvalue weighted by Crippen LogP contribution is 2.22. The zero-order valence-electron chi connectivity index (χ0n) is 10.1. The second kappa shape index (κ2) is 6.74. The summed E-state index contributed by atoms with van der Waals surface area (Å²) in [5.74, 6) is 0.457. The predicted molar refractivity (Wildman–Crippen MR) is 74.0 cm³/mol. The summed E-state index contributed by atoms with van der Waals surface area (Å²) >= 11 is 5.20. The first-order valence-electron chi connectivity index (χ1n) is 5.64. The zero-order chi connectivity index (χ0) is 12.1. The molecule has 0 aliphatic rings. The van der Waals surface area contributed by atoms with Crippen LogP contribution in [-0.2, 0) is 11.2 Å². The molecule has 0 spiro atoms. The lowest BCUT2D eigenvalue weighted by atomic mass is 9.97. The van der Waals surface area contributed by atoms with Crippen LogP contribution in [0.4, 0.5) is 0 Å². The monoisotopic (exact) mass is 305 g/mol. The van der Waals surface area contributed by atoms with Gasteiger partial charge < -0.3 is 10.5 Å². The van der Waals surface area contributed by atoms with Gasteiger partial charge in [-0.15, -0.1) is 11.3 Å². The number of hydrogen-bond donors (Lipinski definition) is 1. The topological polar surface area (TPSA) is 35.2 Å². The van der Waals surface area contributed by atoms with Crippen LogP contribution >= 0.6 is 27.3 Å². The van der Waals surface area contributed by atoms with Crippen molar-refractivity contribution in [3.05, 3.63) is 20.8 Å². The van der Waals surface area contributed by atoms with Gasteiger partial charge >= 0.3 is 0 Å². The van der Waals surface area contributed by atoms with Crippen molar-refractivity contribution < 1.29 is 4.74 Å². The smallest absolute Gasteiger partial charge is 0.0752 e. The summed E-state index contributed by atoms with van der Waals surface area (Å²) in [7, 11) is 0. The van der Waals surface area contributed by atoms with Gasteiger partial charge in [0.25, 0.3) is 0 Å². The van der Waals surface area contributed by atoms with Gasteiger partial charge in [0.05, 0.1) is 6.10 Å². The molecule has 2 unspecified atom stereocenters. The van der Waals surface area contributed by atoms with Gasteiger partial charge in [-0.05, 0) is 41.3 Å². The number of ether oxygens (including phenoxy) is 1. The van der Waals surface area contributed by atoms with E-state index in [1.165, 1.54) is 4.88 Å². The predicted octanol–water partition coefficient (Wildman–Crippen LogP) is 3.44. The van der Waals surface area contributed by atoms with E-state index in [1.807, 2.05) is 6.92 Å². The molecule has 92 valence electrons. The van der Waals surface area contributed by atoms with E-state index in [0.717, 1.165) is 17.5 Å². The van der Waals surface area contributed by atoms with Gasteiger partial charge in [-0.3, -0.25) is 0 Å². The van der Waals surface area contributed by atoms with Gasteiger partial charge in [0.1, 0.15) is 0 Å². The molecule has 4 heteroatoms. The fourth-order valence-corrected chi connectivity index (χ4v) is 3.34. The van der Waals surface area contributed by atoms with E-state index in [1.54, 1.807) is 11.3 Å². The number of hydrogen-bond acceptors (Lipinski definition) is 3. The van der Waals surface area contributed by atoms with Gasteiger partial charge in [0.2, 0.25) is 0 Å². The van der Waals surface area contributed by atoms with Crippen molar-refractivity contribution in [1.29, 1.82) is 0 Å². The summed E-state index contributed by atoms with van der Waals surface area (Å²) < 4.78 is 6.85. The largest absolute Gasteiger partial charge is 0.377 e. The number of rotatable bonds is 6. The Morgan fingerprint density at radius 2 is 2.19 bits per heavy atom.